The Morgan fingerprint density at radius 1 is 1.53 bits per heavy atom. The molecule has 4 heteroatoms. The molecular weight excluding hydrogens is 190 g/mol. The molecular formula is C11H13N3O. The summed E-state index contributed by atoms with van der Waals surface area (Å²) in [5.74, 6) is 0.590. The van der Waals surface area contributed by atoms with Gasteiger partial charge in [-0.25, -0.2) is 4.98 Å². The molecule has 0 spiro atoms. The average molecular weight is 203 g/mol. The van der Waals surface area contributed by atoms with Gasteiger partial charge in [0.25, 0.3) is 0 Å². The van der Waals surface area contributed by atoms with E-state index in [2.05, 4.69) is 11.9 Å². The predicted octanol–water partition coefficient (Wildman–Crippen LogP) is 1.23. The quantitative estimate of drug-likeness (QED) is 0.798. The summed E-state index contributed by atoms with van der Waals surface area (Å²) in [5, 5.41) is 0. The van der Waals surface area contributed by atoms with Crippen molar-refractivity contribution in [3.63, 3.8) is 0 Å². The van der Waals surface area contributed by atoms with Gasteiger partial charge in [-0.3, -0.25) is 4.79 Å². The van der Waals surface area contributed by atoms with Crippen molar-refractivity contribution in [3.8, 4) is 0 Å². The van der Waals surface area contributed by atoms with Gasteiger partial charge in [0.1, 0.15) is 5.82 Å². The standard InChI is InChI=1S/C11H13N3O/c1-3-10-13-8-6-7(11(12)15)4-5-9(8)14(10)2/h4-6H,3H2,1-2H3,(H2,12,15). The number of rotatable bonds is 2. The average Bonchev–Trinajstić information content (AvgIpc) is 2.55. The van der Waals surface area contributed by atoms with Gasteiger partial charge in [0.2, 0.25) is 5.91 Å². The smallest absolute Gasteiger partial charge is 0.248 e. The number of fused-ring (bicyclic) bond motifs is 1. The van der Waals surface area contributed by atoms with Gasteiger partial charge in [-0.05, 0) is 18.2 Å². The summed E-state index contributed by atoms with van der Waals surface area (Å²) < 4.78 is 2.03. The molecule has 15 heavy (non-hydrogen) atoms. The fourth-order valence-electron chi connectivity index (χ4n) is 1.72. The monoisotopic (exact) mass is 203 g/mol. The maximum atomic E-state index is 11.0. The van der Waals surface area contributed by atoms with Crippen molar-refractivity contribution in [1.29, 1.82) is 0 Å². The van der Waals surface area contributed by atoms with E-state index in [0.717, 1.165) is 23.3 Å². The van der Waals surface area contributed by atoms with E-state index in [1.165, 1.54) is 0 Å². The van der Waals surface area contributed by atoms with Gasteiger partial charge in [-0.15, -0.1) is 0 Å². The second-order valence-corrected chi connectivity index (χ2v) is 3.51. The summed E-state index contributed by atoms with van der Waals surface area (Å²) in [5.41, 5.74) is 7.56. The van der Waals surface area contributed by atoms with Crippen LogP contribution in [-0.2, 0) is 13.5 Å². The molecule has 78 valence electrons. The number of imidazole rings is 1. The van der Waals surface area contributed by atoms with Crippen molar-refractivity contribution in [1.82, 2.24) is 9.55 Å². The molecule has 2 N–H and O–H groups in total. The van der Waals surface area contributed by atoms with Crippen LogP contribution in [0.2, 0.25) is 0 Å². The maximum Gasteiger partial charge on any atom is 0.248 e. The van der Waals surface area contributed by atoms with E-state index in [9.17, 15) is 4.79 Å². The predicted molar refractivity (Wildman–Crippen MR) is 58.6 cm³/mol. The molecule has 1 aromatic carbocycles. The number of hydrogen-bond donors (Lipinski definition) is 1. The minimum Gasteiger partial charge on any atom is -0.366 e. The molecule has 0 saturated carbocycles. The van der Waals surface area contributed by atoms with Gasteiger partial charge < -0.3 is 10.3 Å². The number of amides is 1. The fraction of sp³-hybridized carbons (Fsp3) is 0.273. The molecule has 0 aliphatic heterocycles. The summed E-state index contributed by atoms with van der Waals surface area (Å²) in [6, 6.07) is 5.34. The lowest BCUT2D eigenvalue weighted by molar-refractivity contribution is 0.100. The molecule has 4 nitrogen and oxygen atoms in total. The van der Waals surface area contributed by atoms with E-state index >= 15 is 0 Å². The number of nitrogens with two attached hydrogens (primary N) is 1. The Kier molecular flexibility index (Phi) is 2.19. The first-order valence-electron chi connectivity index (χ1n) is 4.88. The molecule has 0 aliphatic carbocycles. The van der Waals surface area contributed by atoms with Crippen molar-refractivity contribution < 1.29 is 4.79 Å². The van der Waals surface area contributed by atoms with Crippen LogP contribution >= 0.6 is 0 Å². The Morgan fingerprint density at radius 2 is 2.27 bits per heavy atom. The van der Waals surface area contributed by atoms with Crippen LogP contribution in [0.15, 0.2) is 18.2 Å². The van der Waals surface area contributed by atoms with Crippen LogP contribution in [0.5, 0.6) is 0 Å². The third kappa shape index (κ3) is 1.48. The van der Waals surface area contributed by atoms with E-state index in [1.807, 2.05) is 17.7 Å². The summed E-state index contributed by atoms with van der Waals surface area (Å²) in [7, 11) is 1.97. The highest BCUT2D eigenvalue weighted by Crippen LogP contribution is 2.16. The third-order valence-electron chi connectivity index (χ3n) is 2.57. The van der Waals surface area contributed by atoms with Gasteiger partial charge >= 0.3 is 0 Å². The lowest BCUT2D eigenvalue weighted by atomic mass is 10.2. The number of aryl methyl sites for hydroxylation is 2. The zero-order valence-electron chi connectivity index (χ0n) is 8.82. The van der Waals surface area contributed by atoms with E-state index in [1.54, 1.807) is 12.1 Å². The van der Waals surface area contributed by atoms with Gasteiger partial charge in [-0.1, -0.05) is 6.92 Å². The second-order valence-electron chi connectivity index (χ2n) is 3.51. The number of carbonyl (C=O) groups is 1. The zero-order chi connectivity index (χ0) is 11.0. The van der Waals surface area contributed by atoms with Crippen molar-refractivity contribution in [2.24, 2.45) is 12.8 Å². The lowest BCUT2D eigenvalue weighted by Gasteiger charge is -1.98. The summed E-state index contributed by atoms with van der Waals surface area (Å²) >= 11 is 0. The highest BCUT2D eigenvalue weighted by molar-refractivity contribution is 5.96. The summed E-state index contributed by atoms with van der Waals surface area (Å²) in [6.45, 7) is 2.05. The first-order valence-corrected chi connectivity index (χ1v) is 4.88. The van der Waals surface area contributed by atoms with Crippen molar-refractivity contribution in [2.45, 2.75) is 13.3 Å². The van der Waals surface area contributed by atoms with Crippen LogP contribution in [0.3, 0.4) is 0 Å². The highest BCUT2D eigenvalue weighted by Gasteiger charge is 2.08. The van der Waals surface area contributed by atoms with Gasteiger partial charge in [0, 0.05) is 19.0 Å². The Hall–Kier alpha value is -1.84. The fourth-order valence-corrected chi connectivity index (χ4v) is 1.72. The highest BCUT2D eigenvalue weighted by atomic mass is 16.1. The van der Waals surface area contributed by atoms with Crippen LogP contribution in [0.1, 0.15) is 23.1 Å². The Labute approximate surface area is 87.7 Å². The summed E-state index contributed by atoms with van der Waals surface area (Å²) in [4.78, 5) is 15.4. The Morgan fingerprint density at radius 3 is 2.87 bits per heavy atom. The van der Waals surface area contributed by atoms with E-state index in [-0.39, 0.29) is 0 Å². The SMILES string of the molecule is CCc1nc2cc(C(N)=O)ccc2n1C. The van der Waals surface area contributed by atoms with E-state index < -0.39 is 5.91 Å². The molecule has 1 amide bonds. The number of benzene rings is 1. The van der Waals surface area contributed by atoms with Crippen LogP contribution in [0, 0.1) is 0 Å². The minimum atomic E-state index is -0.416. The molecule has 0 atom stereocenters. The zero-order valence-corrected chi connectivity index (χ0v) is 8.82. The van der Waals surface area contributed by atoms with Crippen LogP contribution < -0.4 is 5.73 Å². The maximum absolute atomic E-state index is 11.0. The van der Waals surface area contributed by atoms with Crippen molar-refractivity contribution >= 4 is 16.9 Å². The number of aromatic nitrogens is 2. The number of carbonyl (C=O) groups excluding carboxylic acids is 1. The topological polar surface area (TPSA) is 60.9 Å². The molecule has 0 bridgehead atoms. The first kappa shape index (κ1) is 9.71. The van der Waals surface area contributed by atoms with Crippen LogP contribution in [-0.4, -0.2) is 15.5 Å². The van der Waals surface area contributed by atoms with Gasteiger partial charge in [0.05, 0.1) is 11.0 Å². The van der Waals surface area contributed by atoms with E-state index in [0.29, 0.717) is 5.56 Å². The normalized spacial score (nSPS) is 10.8. The lowest BCUT2D eigenvalue weighted by Crippen LogP contribution is -2.10. The molecule has 0 unspecified atom stereocenters. The molecule has 1 heterocycles. The summed E-state index contributed by atoms with van der Waals surface area (Å²) in [6.07, 6.45) is 0.872. The number of hydrogen-bond acceptors (Lipinski definition) is 2. The molecule has 0 aliphatic rings. The number of primary amides is 1. The van der Waals surface area contributed by atoms with E-state index in [4.69, 9.17) is 5.73 Å². The first-order chi connectivity index (χ1) is 7.13. The van der Waals surface area contributed by atoms with Gasteiger partial charge in [-0.2, -0.15) is 0 Å². The van der Waals surface area contributed by atoms with Crippen LogP contribution in [0.4, 0.5) is 0 Å². The second kappa shape index (κ2) is 3.38. The molecule has 0 fully saturated rings. The molecule has 0 radical (unpaired) electrons. The van der Waals surface area contributed by atoms with Gasteiger partial charge in [0.15, 0.2) is 0 Å². The van der Waals surface area contributed by atoms with Crippen molar-refractivity contribution in [2.75, 3.05) is 0 Å². The largest absolute Gasteiger partial charge is 0.366 e. The van der Waals surface area contributed by atoms with Crippen LogP contribution in [0.25, 0.3) is 11.0 Å². The minimum absolute atomic E-state index is 0.416. The number of nitrogens with zero attached hydrogens (tertiary/aromatic N) is 2. The van der Waals surface area contributed by atoms with Crippen molar-refractivity contribution in [3.05, 3.63) is 29.6 Å². The molecule has 0 saturated heterocycles. The Bertz CT molecular complexity index is 528. The molecule has 2 rings (SSSR count). The third-order valence-corrected chi connectivity index (χ3v) is 2.57. The Balaban J connectivity index is 2.68. The molecule has 1 aromatic heterocycles. The molecule has 2 aromatic rings.